The first-order chi connectivity index (χ1) is 11.6. The van der Waals surface area contributed by atoms with Gasteiger partial charge in [-0.1, -0.05) is 24.3 Å². The molecule has 0 saturated carbocycles. The molecule has 24 heavy (non-hydrogen) atoms. The van der Waals surface area contributed by atoms with E-state index in [0.29, 0.717) is 17.2 Å². The van der Waals surface area contributed by atoms with Crippen LogP contribution in [0.3, 0.4) is 0 Å². The van der Waals surface area contributed by atoms with Gasteiger partial charge in [0, 0.05) is 24.7 Å². The average molecular weight is 324 g/mol. The highest BCUT2D eigenvalue weighted by Crippen LogP contribution is 2.24. The summed E-state index contributed by atoms with van der Waals surface area (Å²) in [5, 5.41) is 0. The van der Waals surface area contributed by atoms with Gasteiger partial charge in [0.15, 0.2) is 0 Å². The molecule has 1 aliphatic rings. The lowest BCUT2D eigenvalue weighted by Gasteiger charge is -2.34. The quantitative estimate of drug-likeness (QED) is 0.933. The van der Waals surface area contributed by atoms with Gasteiger partial charge in [-0.3, -0.25) is 4.79 Å². The smallest absolute Gasteiger partial charge is 0.253 e. The van der Waals surface area contributed by atoms with Gasteiger partial charge < -0.3 is 15.4 Å². The van der Waals surface area contributed by atoms with Crippen LogP contribution in [-0.4, -0.2) is 29.9 Å². The minimum atomic E-state index is 0.0545. The zero-order valence-corrected chi connectivity index (χ0v) is 14.0. The van der Waals surface area contributed by atoms with E-state index in [2.05, 4.69) is 0 Å². The van der Waals surface area contributed by atoms with E-state index in [4.69, 9.17) is 10.5 Å². The van der Waals surface area contributed by atoms with Crippen molar-refractivity contribution in [3.8, 4) is 11.5 Å². The number of benzene rings is 2. The van der Waals surface area contributed by atoms with Gasteiger partial charge in [0.25, 0.3) is 5.91 Å². The van der Waals surface area contributed by atoms with Crippen LogP contribution in [0.15, 0.2) is 54.6 Å². The van der Waals surface area contributed by atoms with Gasteiger partial charge in [-0.2, -0.15) is 0 Å². The van der Waals surface area contributed by atoms with Gasteiger partial charge in [0.2, 0.25) is 0 Å². The first-order valence-electron chi connectivity index (χ1n) is 8.51. The molecule has 1 amide bonds. The fraction of sp³-hybridized carbons (Fsp3) is 0.350. The summed E-state index contributed by atoms with van der Waals surface area (Å²) >= 11 is 0. The molecule has 0 spiro atoms. The fourth-order valence-electron chi connectivity index (χ4n) is 3.12. The van der Waals surface area contributed by atoms with Crippen LogP contribution >= 0.6 is 0 Å². The summed E-state index contributed by atoms with van der Waals surface area (Å²) in [4.78, 5) is 14.7. The van der Waals surface area contributed by atoms with E-state index in [-0.39, 0.29) is 11.9 Å². The maximum absolute atomic E-state index is 12.8. The van der Waals surface area contributed by atoms with E-state index >= 15 is 0 Å². The Hall–Kier alpha value is -2.33. The molecule has 2 atom stereocenters. The topological polar surface area (TPSA) is 55.6 Å². The number of nitrogens with zero attached hydrogens (tertiary/aromatic N) is 1. The van der Waals surface area contributed by atoms with Crippen LogP contribution in [0.4, 0.5) is 0 Å². The average Bonchev–Trinajstić information content (AvgIpc) is 2.62. The number of carbonyl (C=O) groups excluding carboxylic acids is 1. The maximum Gasteiger partial charge on any atom is 0.253 e. The zero-order chi connectivity index (χ0) is 16.9. The number of hydrogen-bond donors (Lipinski definition) is 1. The normalized spacial score (nSPS) is 18.9. The molecule has 2 N–H and O–H groups in total. The van der Waals surface area contributed by atoms with Crippen molar-refractivity contribution in [1.29, 1.82) is 0 Å². The third-order valence-corrected chi connectivity index (χ3v) is 4.55. The third-order valence-electron chi connectivity index (χ3n) is 4.55. The number of likely N-dealkylation sites (tertiary alicyclic amines) is 1. The monoisotopic (exact) mass is 324 g/mol. The summed E-state index contributed by atoms with van der Waals surface area (Å²) in [6, 6.07) is 17.1. The van der Waals surface area contributed by atoms with Gasteiger partial charge in [-0.05, 0) is 56.0 Å². The molecule has 2 aromatic carbocycles. The third kappa shape index (κ3) is 3.95. The van der Waals surface area contributed by atoms with Crippen LogP contribution in [0, 0.1) is 5.92 Å². The van der Waals surface area contributed by atoms with Crippen molar-refractivity contribution in [3.05, 3.63) is 60.2 Å². The highest BCUT2D eigenvalue weighted by Gasteiger charge is 2.26. The Bertz CT molecular complexity index is 685. The molecule has 1 fully saturated rings. The first-order valence-corrected chi connectivity index (χ1v) is 8.51. The summed E-state index contributed by atoms with van der Waals surface area (Å²) in [6.45, 7) is 3.55. The number of hydrogen-bond acceptors (Lipinski definition) is 3. The predicted molar refractivity (Wildman–Crippen MR) is 95.2 cm³/mol. The van der Waals surface area contributed by atoms with Crippen molar-refractivity contribution in [1.82, 2.24) is 4.90 Å². The Balaban J connectivity index is 1.72. The lowest BCUT2D eigenvalue weighted by molar-refractivity contribution is 0.0660. The van der Waals surface area contributed by atoms with Crippen LogP contribution in [-0.2, 0) is 0 Å². The number of ether oxygens (including phenoxy) is 1. The summed E-state index contributed by atoms with van der Waals surface area (Å²) in [6.07, 6.45) is 2.11. The van der Waals surface area contributed by atoms with Gasteiger partial charge in [-0.15, -0.1) is 0 Å². The molecule has 0 aromatic heterocycles. The van der Waals surface area contributed by atoms with Crippen molar-refractivity contribution in [2.45, 2.75) is 25.8 Å². The molecular formula is C20H24N2O2. The van der Waals surface area contributed by atoms with Crippen LogP contribution in [0.1, 0.15) is 30.1 Å². The molecule has 0 radical (unpaired) electrons. The second kappa shape index (κ2) is 7.49. The van der Waals surface area contributed by atoms with Crippen molar-refractivity contribution >= 4 is 5.91 Å². The molecule has 2 unspecified atom stereocenters. The van der Waals surface area contributed by atoms with E-state index in [1.807, 2.05) is 66.4 Å². The summed E-state index contributed by atoms with van der Waals surface area (Å²) in [5.41, 5.74) is 6.68. The van der Waals surface area contributed by atoms with Crippen LogP contribution in [0.5, 0.6) is 11.5 Å². The van der Waals surface area contributed by atoms with Crippen molar-refractivity contribution in [2.24, 2.45) is 11.7 Å². The largest absolute Gasteiger partial charge is 0.457 e. The minimum absolute atomic E-state index is 0.0545. The molecule has 1 heterocycles. The lowest BCUT2D eigenvalue weighted by Crippen LogP contribution is -2.45. The predicted octanol–water partition coefficient (Wildman–Crippen LogP) is 3.68. The molecule has 4 heteroatoms. The number of rotatable bonds is 4. The Labute approximate surface area is 143 Å². The van der Waals surface area contributed by atoms with Crippen LogP contribution in [0.25, 0.3) is 0 Å². The molecule has 2 aromatic rings. The van der Waals surface area contributed by atoms with Gasteiger partial charge in [-0.25, -0.2) is 0 Å². The zero-order valence-electron chi connectivity index (χ0n) is 14.0. The van der Waals surface area contributed by atoms with E-state index in [9.17, 15) is 4.79 Å². The molecule has 1 saturated heterocycles. The summed E-state index contributed by atoms with van der Waals surface area (Å²) < 4.78 is 5.83. The fourth-order valence-corrected chi connectivity index (χ4v) is 3.12. The Kier molecular flexibility index (Phi) is 5.16. The van der Waals surface area contributed by atoms with Gasteiger partial charge in [0.05, 0.1) is 0 Å². The SMILES string of the molecule is CC(N)C1CCCN(C(=O)c2cccc(Oc3ccccc3)c2)C1. The molecule has 126 valence electrons. The van der Waals surface area contributed by atoms with Gasteiger partial charge >= 0.3 is 0 Å². The second-order valence-corrected chi connectivity index (χ2v) is 6.46. The minimum Gasteiger partial charge on any atom is -0.457 e. The Morgan fingerprint density at radius 3 is 2.67 bits per heavy atom. The van der Waals surface area contributed by atoms with Crippen LogP contribution in [0.2, 0.25) is 0 Å². The standard InChI is InChI=1S/C20H24N2O2/c1-15(21)17-8-6-12-22(14-17)20(23)16-7-5-11-19(13-16)24-18-9-3-2-4-10-18/h2-5,7,9-11,13,15,17H,6,8,12,14,21H2,1H3. The number of nitrogens with two attached hydrogens (primary N) is 1. The number of carbonyl (C=O) groups is 1. The number of piperidine rings is 1. The second-order valence-electron chi connectivity index (χ2n) is 6.46. The lowest BCUT2D eigenvalue weighted by atomic mass is 9.92. The highest BCUT2D eigenvalue weighted by atomic mass is 16.5. The molecule has 4 nitrogen and oxygen atoms in total. The molecule has 1 aliphatic heterocycles. The Morgan fingerprint density at radius 2 is 1.92 bits per heavy atom. The molecule has 3 rings (SSSR count). The molecule has 0 bridgehead atoms. The van der Waals surface area contributed by atoms with E-state index in [1.54, 1.807) is 0 Å². The summed E-state index contributed by atoms with van der Waals surface area (Å²) in [7, 11) is 0. The van der Waals surface area contributed by atoms with Crippen molar-refractivity contribution in [2.75, 3.05) is 13.1 Å². The van der Waals surface area contributed by atoms with E-state index < -0.39 is 0 Å². The van der Waals surface area contributed by atoms with Gasteiger partial charge in [0.1, 0.15) is 11.5 Å². The van der Waals surface area contributed by atoms with E-state index in [1.165, 1.54) is 0 Å². The summed E-state index contributed by atoms with van der Waals surface area (Å²) in [5.74, 6) is 1.87. The number of para-hydroxylation sites is 1. The number of amides is 1. The Morgan fingerprint density at radius 1 is 1.17 bits per heavy atom. The van der Waals surface area contributed by atoms with Crippen molar-refractivity contribution < 1.29 is 9.53 Å². The van der Waals surface area contributed by atoms with Crippen molar-refractivity contribution in [3.63, 3.8) is 0 Å². The molecule has 0 aliphatic carbocycles. The van der Waals surface area contributed by atoms with Crippen LogP contribution < -0.4 is 10.5 Å². The highest BCUT2D eigenvalue weighted by molar-refractivity contribution is 5.94. The van der Waals surface area contributed by atoms with E-state index in [0.717, 1.165) is 31.7 Å². The maximum atomic E-state index is 12.8. The first kappa shape index (κ1) is 16.5. The molecular weight excluding hydrogens is 300 g/mol.